The molecule has 0 saturated carbocycles. The van der Waals surface area contributed by atoms with Crippen LogP contribution in [0.4, 0.5) is 0 Å². The molecule has 1 aliphatic rings. The Morgan fingerprint density at radius 1 is 0.870 bits per heavy atom. The standard InChI is InChI=1S/C18H25N5/c1-2-18-20-12-17(13-21-18)15-23-9-3-8-22(10-11-23)14-16-4-6-19-7-5-16/h4-7,12-13H,2-3,8-11,14-15H2,1H3. The summed E-state index contributed by atoms with van der Waals surface area (Å²) in [6.07, 6.45) is 9.81. The van der Waals surface area contributed by atoms with E-state index in [1.54, 1.807) is 0 Å². The lowest BCUT2D eigenvalue weighted by Crippen LogP contribution is -2.30. The van der Waals surface area contributed by atoms with Gasteiger partial charge in [0.1, 0.15) is 5.82 Å². The first-order valence-corrected chi connectivity index (χ1v) is 8.47. The van der Waals surface area contributed by atoms with Crippen LogP contribution in [0.2, 0.25) is 0 Å². The number of hydrogen-bond donors (Lipinski definition) is 0. The highest BCUT2D eigenvalue weighted by molar-refractivity contribution is 5.09. The summed E-state index contributed by atoms with van der Waals surface area (Å²) in [6, 6.07) is 4.21. The minimum Gasteiger partial charge on any atom is -0.298 e. The molecule has 0 atom stereocenters. The topological polar surface area (TPSA) is 45.2 Å². The Hall–Kier alpha value is -1.85. The molecule has 0 radical (unpaired) electrons. The van der Waals surface area contributed by atoms with Gasteiger partial charge in [-0.3, -0.25) is 14.8 Å². The van der Waals surface area contributed by atoms with Crippen molar-refractivity contribution >= 4 is 0 Å². The van der Waals surface area contributed by atoms with Gasteiger partial charge >= 0.3 is 0 Å². The molecule has 1 fully saturated rings. The zero-order valence-corrected chi connectivity index (χ0v) is 13.9. The molecule has 2 aromatic heterocycles. The molecule has 122 valence electrons. The largest absolute Gasteiger partial charge is 0.298 e. The van der Waals surface area contributed by atoms with E-state index in [2.05, 4.69) is 43.8 Å². The molecular formula is C18H25N5. The van der Waals surface area contributed by atoms with Gasteiger partial charge in [0.2, 0.25) is 0 Å². The second kappa shape index (κ2) is 8.13. The maximum Gasteiger partial charge on any atom is 0.127 e. The number of rotatable bonds is 5. The van der Waals surface area contributed by atoms with Gasteiger partial charge in [0.15, 0.2) is 0 Å². The van der Waals surface area contributed by atoms with E-state index in [1.807, 2.05) is 24.8 Å². The van der Waals surface area contributed by atoms with Crippen LogP contribution in [0.5, 0.6) is 0 Å². The predicted molar refractivity (Wildman–Crippen MR) is 90.8 cm³/mol. The predicted octanol–water partition coefficient (Wildman–Crippen LogP) is 2.14. The average molecular weight is 311 g/mol. The van der Waals surface area contributed by atoms with Crippen molar-refractivity contribution < 1.29 is 0 Å². The molecule has 0 N–H and O–H groups in total. The second-order valence-electron chi connectivity index (χ2n) is 6.12. The monoisotopic (exact) mass is 311 g/mol. The summed E-state index contributed by atoms with van der Waals surface area (Å²) >= 11 is 0. The van der Waals surface area contributed by atoms with Crippen LogP contribution in [0.3, 0.4) is 0 Å². The van der Waals surface area contributed by atoms with E-state index in [0.29, 0.717) is 0 Å². The van der Waals surface area contributed by atoms with Crippen LogP contribution in [0.25, 0.3) is 0 Å². The van der Waals surface area contributed by atoms with Gasteiger partial charge in [0.25, 0.3) is 0 Å². The first-order chi connectivity index (χ1) is 11.3. The lowest BCUT2D eigenvalue weighted by molar-refractivity contribution is 0.247. The molecule has 0 spiro atoms. The Labute approximate surface area is 138 Å². The summed E-state index contributed by atoms with van der Waals surface area (Å²) in [5.41, 5.74) is 2.56. The molecular weight excluding hydrogens is 286 g/mol. The van der Waals surface area contributed by atoms with Crippen LogP contribution >= 0.6 is 0 Å². The molecule has 1 aliphatic heterocycles. The van der Waals surface area contributed by atoms with E-state index in [4.69, 9.17) is 0 Å². The first-order valence-electron chi connectivity index (χ1n) is 8.47. The van der Waals surface area contributed by atoms with E-state index in [-0.39, 0.29) is 0 Å². The van der Waals surface area contributed by atoms with Crippen molar-refractivity contribution in [3.63, 3.8) is 0 Å². The van der Waals surface area contributed by atoms with Gasteiger partial charge in [-0.15, -0.1) is 0 Å². The number of aryl methyl sites for hydroxylation is 1. The molecule has 1 saturated heterocycles. The van der Waals surface area contributed by atoms with Crippen LogP contribution in [0.1, 0.15) is 30.3 Å². The maximum atomic E-state index is 4.40. The molecule has 2 aromatic rings. The maximum absolute atomic E-state index is 4.40. The van der Waals surface area contributed by atoms with Gasteiger partial charge in [0, 0.05) is 63.0 Å². The van der Waals surface area contributed by atoms with E-state index >= 15 is 0 Å². The van der Waals surface area contributed by atoms with Crippen molar-refractivity contribution in [3.05, 3.63) is 53.9 Å². The smallest absolute Gasteiger partial charge is 0.127 e. The minimum atomic E-state index is 0.897. The fourth-order valence-electron chi connectivity index (χ4n) is 2.99. The van der Waals surface area contributed by atoms with Gasteiger partial charge in [-0.1, -0.05) is 6.92 Å². The third-order valence-corrected chi connectivity index (χ3v) is 4.32. The van der Waals surface area contributed by atoms with Gasteiger partial charge in [-0.25, -0.2) is 9.97 Å². The van der Waals surface area contributed by atoms with E-state index in [1.165, 1.54) is 17.5 Å². The average Bonchev–Trinajstić information content (AvgIpc) is 2.82. The van der Waals surface area contributed by atoms with Crippen LogP contribution in [-0.4, -0.2) is 50.9 Å². The van der Waals surface area contributed by atoms with Crippen molar-refractivity contribution in [2.24, 2.45) is 0 Å². The third kappa shape index (κ3) is 4.81. The summed E-state index contributed by atoms with van der Waals surface area (Å²) in [6.45, 7) is 8.56. The molecule has 0 aromatic carbocycles. The second-order valence-corrected chi connectivity index (χ2v) is 6.12. The summed E-state index contributed by atoms with van der Waals surface area (Å²) in [7, 11) is 0. The molecule has 0 bridgehead atoms. The molecule has 3 heterocycles. The summed E-state index contributed by atoms with van der Waals surface area (Å²) < 4.78 is 0. The molecule has 0 aliphatic carbocycles. The number of hydrogen-bond acceptors (Lipinski definition) is 5. The zero-order valence-electron chi connectivity index (χ0n) is 13.9. The zero-order chi connectivity index (χ0) is 15.9. The van der Waals surface area contributed by atoms with Crippen molar-refractivity contribution in [3.8, 4) is 0 Å². The van der Waals surface area contributed by atoms with Crippen LogP contribution in [0, 0.1) is 0 Å². The molecule has 3 rings (SSSR count). The van der Waals surface area contributed by atoms with Crippen molar-refractivity contribution in [1.82, 2.24) is 24.8 Å². The number of nitrogens with zero attached hydrogens (tertiary/aromatic N) is 5. The summed E-state index contributed by atoms with van der Waals surface area (Å²) in [4.78, 5) is 17.9. The quantitative estimate of drug-likeness (QED) is 0.846. The first kappa shape index (κ1) is 16.0. The van der Waals surface area contributed by atoms with Crippen molar-refractivity contribution in [2.45, 2.75) is 32.9 Å². The van der Waals surface area contributed by atoms with E-state index in [9.17, 15) is 0 Å². The van der Waals surface area contributed by atoms with Crippen molar-refractivity contribution in [2.75, 3.05) is 26.2 Å². The fourth-order valence-corrected chi connectivity index (χ4v) is 2.99. The SMILES string of the molecule is CCc1ncc(CN2CCCN(Cc3ccncc3)CC2)cn1. The van der Waals surface area contributed by atoms with Crippen LogP contribution < -0.4 is 0 Å². The van der Waals surface area contributed by atoms with Gasteiger partial charge in [-0.05, 0) is 37.2 Å². The lowest BCUT2D eigenvalue weighted by Gasteiger charge is -2.21. The Kier molecular flexibility index (Phi) is 5.66. The highest BCUT2D eigenvalue weighted by atomic mass is 15.2. The Balaban J connectivity index is 1.51. The van der Waals surface area contributed by atoms with Crippen molar-refractivity contribution in [1.29, 1.82) is 0 Å². The lowest BCUT2D eigenvalue weighted by atomic mass is 10.2. The van der Waals surface area contributed by atoms with Gasteiger partial charge < -0.3 is 0 Å². The Morgan fingerprint density at radius 3 is 2.09 bits per heavy atom. The Bertz CT molecular complexity index is 584. The van der Waals surface area contributed by atoms with Crippen LogP contribution in [-0.2, 0) is 19.5 Å². The minimum absolute atomic E-state index is 0.897. The Morgan fingerprint density at radius 2 is 1.48 bits per heavy atom. The molecule has 0 unspecified atom stereocenters. The third-order valence-electron chi connectivity index (χ3n) is 4.32. The highest BCUT2D eigenvalue weighted by Crippen LogP contribution is 2.11. The molecule has 5 heteroatoms. The number of aromatic nitrogens is 3. The van der Waals surface area contributed by atoms with Gasteiger partial charge in [-0.2, -0.15) is 0 Å². The highest BCUT2D eigenvalue weighted by Gasteiger charge is 2.15. The molecule has 0 amide bonds. The van der Waals surface area contributed by atoms with E-state index in [0.717, 1.165) is 51.5 Å². The fraction of sp³-hybridized carbons (Fsp3) is 0.500. The number of pyridine rings is 1. The van der Waals surface area contributed by atoms with Crippen LogP contribution in [0.15, 0.2) is 36.9 Å². The van der Waals surface area contributed by atoms with Gasteiger partial charge in [0.05, 0.1) is 0 Å². The normalized spacial score (nSPS) is 17.1. The summed E-state index contributed by atoms with van der Waals surface area (Å²) in [5, 5.41) is 0. The summed E-state index contributed by atoms with van der Waals surface area (Å²) in [5.74, 6) is 0.924. The molecule has 23 heavy (non-hydrogen) atoms. The molecule has 5 nitrogen and oxygen atoms in total. The van der Waals surface area contributed by atoms with E-state index < -0.39 is 0 Å².